The topological polar surface area (TPSA) is 120 Å². The maximum atomic E-state index is 13.1. The van der Waals surface area contributed by atoms with Crippen LogP contribution in [0.25, 0.3) is 0 Å². The third kappa shape index (κ3) is 7.80. The lowest BCUT2D eigenvalue weighted by Crippen LogP contribution is -2.54. The van der Waals surface area contributed by atoms with Crippen molar-refractivity contribution >= 4 is 25.1 Å². The van der Waals surface area contributed by atoms with E-state index in [1.807, 2.05) is 36.4 Å². The van der Waals surface area contributed by atoms with E-state index >= 15 is 0 Å². The molecule has 1 unspecified atom stereocenters. The monoisotopic (exact) mass is 490 g/mol. The standard InChI is InChI=1S/C24H31N2O7P/c1-17(2)21(26-24(29)33-16-19-13-9-6-10-14-19)22(27)25-20(15-18-11-7-5-8-12-18)23(28)34(30,31-3)32-4/h5-14,17,20-21H,15-16H2,1-4H3,(H,25,27)(H,26,29)/t20-,21?/m1/s1. The summed E-state index contributed by atoms with van der Waals surface area (Å²) in [6.07, 6.45) is -0.714. The summed E-state index contributed by atoms with van der Waals surface area (Å²) in [4.78, 5) is 38.4. The molecule has 2 aromatic rings. The van der Waals surface area contributed by atoms with E-state index < -0.39 is 37.2 Å². The number of nitrogens with one attached hydrogen (secondary N) is 2. The third-order valence-corrected chi connectivity index (χ3v) is 6.90. The second kappa shape index (κ2) is 13.0. The van der Waals surface area contributed by atoms with Crippen molar-refractivity contribution in [3.05, 3.63) is 71.8 Å². The van der Waals surface area contributed by atoms with E-state index in [1.54, 1.807) is 38.1 Å². The van der Waals surface area contributed by atoms with Crippen molar-refractivity contribution in [1.82, 2.24) is 10.6 Å². The maximum Gasteiger partial charge on any atom is 0.408 e. The van der Waals surface area contributed by atoms with Crippen LogP contribution < -0.4 is 10.6 Å². The average molecular weight is 490 g/mol. The number of carbonyl (C=O) groups is 3. The van der Waals surface area contributed by atoms with Gasteiger partial charge in [0, 0.05) is 20.6 Å². The highest BCUT2D eigenvalue weighted by molar-refractivity contribution is 7.72. The highest BCUT2D eigenvalue weighted by atomic mass is 31.2. The Morgan fingerprint density at radius 1 is 0.853 bits per heavy atom. The lowest BCUT2D eigenvalue weighted by molar-refractivity contribution is -0.127. The van der Waals surface area contributed by atoms with Crippen molar-refractivity contribution in [2.24, 2.45) is 5.92 Å². The van der Waals surface area contributed by atoms with Gasteiger partial charge in [0.2, 0.25) is 5.91 Å². The minimum atomic E-state index is -4.11. The SMILES string of the molecule is COP(=O)(OC)C(=O)[C@@H](Cc1ccccc1)NC(=O)C(NC(=O)OCc1ccccc1)C(C)C. The van der Waals surface area contributed by atoms with Crippen molar-refractivity contribution < 1.29 is 32.7 Å². The van der Waals surface area contributed by atoms with Crippen molar-refractivity contribution in [2.75, 3.05) is 14.2 Å². The Labute approximate surface area is 199 Å². The Kier molecular flexibility index (Phi) is 10.4. The highest BCUT2D eigenvalue weighted by Gasteiger charge is 2.40. The van der Waals surface area contributed by atoms with Crippen molar-refractivity contribution in [3.63, 3.8) is 0 Å². The van der Waals surface area contributed by atoms with Gasteiger partial charge in [-0.2, -0.15) is 0 Å². The second-order valence-electron chi connectivity index (χ2n) is 7.88. The number of hydrogen-bond donors (Lipinski definition) is 2. The molecular formula is C24H31N2O7P. The van der Waals surface area contributed by atoms with Gasteiger partial charge in [-0.25, -0.2) is 4.79 Å². The highest BCUT2D eigenvalue weighted by Crippen LogP contribution is 2.48. The largest absolute Gasteiger partial charge is 0.445 e. The summed E-state index contributed by atoms with van der Waals surface area (Å²) in [5, 5.41) is 5.15. The first kappa shape index (κ1) is 27.2. The number of rotatable bonds is 12. The lowest BCUT2D eigenvalue weighted by atomic mass is 10.0. The van der Waals surface area contributed by atoms with E-state index in [4.69, 9.17) is 13.8 Å². The summed E-state index contributed by atoms with van der Waals surface area (Å²) >= 11 is 0. The van der Waals surface area contributed by atoms with E-state index in [-0.39, 0.29) is 18.9 Å². The Bertz CT molecular complexity index is 991. The van der Waals surface area contributed by atoms with E-state index in [2.05, 4.69) is 10.6 Å². The van der Waals surface area contributed by atoms with Gasteiger partial charge in [-0.3, -0.25) is 14.2 Å². The smallest absolute Gasteiger partial charge is 0.408 e. The first-order chi connectivity index (χ1) is 16.2. The normalized spacial score (nSPS) is 13.1. The van der Waals surface area contributed by atoms with Crippen LogP contribution in [0.3, 0.4) is 0 Å². The molecule has 0 aromatic heterocycles. The molecule has 0 radical (unpaired) electrons. The number of hydrogen-bond acceptors (Lipinski definition) is 7. The van der Waals surface area contributed by atoms with Gasteiger partial charge in [-0.05, 0) is 17.0 Å². The van der Waals surface area contributed by atoms with Gasteiger partial charge >= 0.3 is 13.7 Å². The zero-order valence-corrected chi connectivity index (χ0v) is 20.6. The second-order valence-corrected chi connectivity index (χ2v) is 10.0. The number of benzene rings is 2. The van der Waals surface area contributed by atoms with Crippen LogP contribution in [0.4, 0.5) is 4.79 Å². The first-order valence-electron chi connectivity index (χ1n) is 10.8. The number of amides is 2. The van der Waals surface area contributed by atoms with Crippen LogP contribution in [0.15, 0.2) is 60.7 Å². The van der Waals surface area contributed by atoms with Gasteiger partial charge in [0.15, 0.2) is 0 Å². The summed E-state index contributed by atoms with van der Waals surface area (Å²) in [6.45, 7) is 3.52. The van der Waals surface area contributed by atoms with Crippen LogP contribution in [0.5, 0.6) is 0 Å². The van der Waals surface area contributed by atoms with Crippen LogP contribution in [0.1, 0.15) is 25.0 Å². The van der Waals surface area contributed by atoms with Crippen molar-refractivity contribution in [1.29, 1.82) is 0 Å². The summed E-state index contributed by atoms with van der Waals surface area (Å²) in [6, 6.07) is 15.8. The molecule has 0 saturated carbocycles. The van der Waals surface area contributed by atoms with Crippen LogP contribution in [-0.4, -0.2) is 43.8 Å². The molecule has 2 N–H and O–H groups in total. The van der Waals surface area contributed by atoms with E-state index in [0.717, 1.165) is 25.3 Å². The van der Waals surface area contributed by atoms with Crippen LogP contribution in [-0.2, 0) is 41.0 Å². The zero-order chi connectivity index (χ0) is 25.1. The fourth-order valence-corrected chi connectivity index (χ4v) is 4.23. The quantitative estimate of drug-likeness (QED) is 0.436. The molecule has 2 aromatic carbocycles. The molecule has 10 heteroatoms. The summed E-state index contributed by atoms with van der Waals surface area (Å²) < 4.78 is 27.6. The third-order valence-electron chi connectivity index (χ3n) is 5.08. The summed E-state index contributed by atoms with van der Waals surface area (Å²) in [5.41, 5.74) is 0.645. The summed E-state index contributed by atoms with van der Waals surface area (Å²) in [7, 11) is -1.91. The average Bonchev–Trinajstić information content (AvgIpc) is 2.85. The Hall–Kier alpha value is -3.00. The molecule has 34 heavy (non-hydrogen) atoms. The fraction of sp³-hybridized carbons (Fsp3) is 0.375. The Morgan fingerprint density at radius 3 is 1.88 bits per heavy atom. The lowest BCUT2D eigenvalue weighted by Gasteiger charge is -2.26. The molecule has 2 amide bonds. The van der Waals surface area contributed by atoms with Gasteiger partial charge in [-0.15, -0.1) is 0 Å². The number of alkyl carbamates (subject to hydrolysis) is 1. The van der Waals surface area contributed by atoms with Gasteiger partial charge < -0.3 is 24.4 Å². The van der Waals surface area contributed by atoms with Gasteiger partial charge in [0.1, 0.15) is 18.7 Å². The van der Waals surface area contributed by atoms with Crippen molar-refractivity contribution in [2.45, 2.75) is 39.0 Å². The van der Waals surface area contributed by atoms with Crippen LogP contribution in [0, 0.1) is 5.92 Å². The molecule has 0 spiro atoms. The molecule has 2 atom stereocenters. The minimum Gasteiger partial charge on any atom is -0.445 e. The van der Waals surface area contributed by atoms with Gasteiger partial charge in [0.05, 0.1) is 0 Å². The van der Waals surface area contributed by atoms with Gasteiger partial charge in [-0.1, -0.05) is 74.5 Å². The Morgan fingerprint density at radius 2 is 1.38 bits per heavy atom. The molecule has 0 saturated heterocycles. The molecule has 0 heterocycles. The predicted octanol–water partition coefficient (Wildman–Crippen LogP) is 3.68. The predicted molar refractivity (Wildman–Crippen MR) is 127 cm³/mol. The molecule has 2 rings (SSSR count). The molecule has 0 bridgehead atoms. The maximum absolute atomic E-state index is 13.1. The van der Waals surface area contributed by atoms with Crippen LogP contribution >= 0.6 is 7.60 Å². The molecule has 0 fully saturated rings. The number of ether oxygens (including phenoxy) is 1. The molecule has 0 aliphatic rings. The molecular weight excluding hydrogens is 459 g/mol. The molecule has 0 aliphatic carbocycles. The van der Waals surface area contributed by atoms with E-state index in [1.165, 1.54) is 0 Å². The van der Waals surface area contributed by atoms with Crippen LogP contribution in [0.2, 0.25) is 0 Å². The number of carbonyl (C=O) groups excluding carboxylic acids is 3. The zero-order valence-electron chi connectivity index (χ0n) is 19.7. The Balaban J connectivity index is 2.14. The van der Waals surface area contributed by atoms with E-state index in [9.17, 15) is 18.9 Å². The van der Waals surface area contributed by atoms with Gasteiger partial charge in [0.25, 0.3) is 5.52 Å². The first-order valence-corrected chi connectivity index (χ1v) is 12.3. The van der Waals surface area contributed by atoms with Crippen molar-refractivity contribution in [3.8, 4) is 0 Å². The molecule has 184 valence electrons. The summed E-state index contributed by atoms with van der Waals surface area (Å²) in [5.74, 6) is -0.951. The van der Waals surface area contributed by atoms with E-state index in [0.29, 0.717) is 0 Å². The molecule has 0 aliphatic heterocycles. The molecule has 9 nitrogen and oxygen atoms in total. The minimum absolute atomic E-state index is 0.0408. The fourth-order valence-electron chi connectivity index (χ4n) is 3.18.